The quantitative estimate of drug-likeness (QED) is 0.207. The largest absolute Gasteiger partial charge is 0.466 e. The molecule has 10 heteroatoms. The van der Waals surface area contributed by atoms with Crippen LogP contribution in [0, 0.1) is 0 Å². The van der Waals surface area contributed by atoms with E-state index < -0.39 is 25.9 Å². The summed E-state index contributed by atoms with van der Waals surface area (Å²) in [6.45, 7) is 1.39. The summed E-state index contributed by atoms with van der Waals surface area (Å²) in [5, 5.41) is 16.0. The highest BCUT2D eigenvalue weighted by Gasteiger charge is 2.10. The van der Waals surface area contributed by atoms with Crippen molar-refractivity contribution in [3.63, 3.8) is 0 Å². The molecule has 0 aromatic heterocycles. The standard InChI is InChI=1S/C4H2O3.C3H8O2.H3O4P/c5-3-1-2-4(6)7-3;1-3(5)2-4;1-5(2,3)4/h1-2H;3-5H,2H2,1H3;(H3,1,2,3,4). The molecule has 1 heterocycles. The Kier molecular flexibility index (Phi) is 9.67. The summed E-state index contributed by atoms with van der Waals surface area (Å²) < 4.78 is 12.9. The number of carbonyl (C=O) groups is 2. The van der Waals surface area contributed by atoms with Gasteiger partial charge in [-0.15, -0.1) is 0 Å². The van der Waals surface area contributed by atoms with Crippen LogP contribution in [0.2, 0.25) is 0 Å². The summed E-state index contributed by atoms with van der Waals surface area (Å²) in [6.07, 6.45) is 1.61. The van der Waals surface area contributed by atoms with Gasteiger partial charge in [0.1, 0.15) is 0 Å². The fourth-order valence-corrected chi connectivity index (χ4v) is 0.303. The molecule has 0 saturated heterocycles. The topological polar surface area (TPSA) is 162 Å². The Bertz CT molecular complexity index is 291. The highest BCUT2D eigenvalue weighted by atomic mass is 31.2. The summed E-state index contributed by atoms with van der Waals surface area (Å²) in [5.41, 5.74) is 0. The monoisotopic (exact) mass is 272 g/mol. The fraction of sp³-hybridized carbons (Fsp3) is 0.429. The molecule has 0 aromatic carbocycles. The van der Waals surface area contributed by atoms with Crippen molar-refractivity contribution in [2.24, 2.45) is 0 Å². The van der Waals surface area contributed by atoms with Crippen molar-refractivity contribution < 1.29 is 43.8 Å². The maximum absolute atomic E-state index is 9.92. The predicted molar refractivity (Wildman–Crippen MR) is 53.3 cm³/mol. The van der Waals surface area contributed by atoms with Gasteiger partial charge >= 0.3 is 19.8 Å². The van der Waals surface area contributed by atoms with E-state index in [1.807, 2.05) is 0 Å². The number of hydrogen-bond acceptors (Lipinski definition) is 6. The number of esters is 2. The van der Waals surface area contributed by atoms with E-state index in [2.05, 4.69) is 4.74 Å². The molecule has 1 atom stereocenters. The first-order valence-electron chi connectivity index (χ1n) is 4.07. The SMILES string of the molecule is CC(O)CO.O=C1C=CC(=O)O1.O=P(O)(O)O. The van der Waals surface area contributed by atoms with Crippen molar-refractivity contribution in [2.45, 2.75) is 13.0 Å². The molecule has 0 fully saturated rings. The molecule has 0 aliphatic carbocycles. The average Bonchev–Trinajstić information content (AvgIpc) is 2.48. The number of hydrogen-bond donors (Lipinski definition) is 5. The molecule has 0 spiro atoms. The second kappa shape index (κ2) is 8.99. The van der Waals surface area contributed by atoms with Crippen LogP contribution in [0.4, 0.5) is 0 Å². The van der Waals surface area contributed by atoms with Crippen molar-refractivity contribution in [3.05, 3.63) is 12.2 Å². The van der Waals surface area contributed by atoms with E-state index in [1.54, 1.807) is 0 Å². The van der Waals surface area contributed by atoms with Gasteiger partial charge in [-0.2, -0.15) is 0 Å². The van der Waals surface area contributed by atoms with E-state index in [9.17, 15) is 9.59 Å². The molecular formula is C7H13O9P. The Balaban J connectivity index is 0. The number of aliphatic hydroxyl groups is 2. The molecule has 1 aliphatic rings. The van der Waals surface area contributed by atoms with Crippen molar-refractivity contribution in [1.29, 1.82) is 0 Å². The lowest BCUT2D eigenvalue weighted by Gasteiger charge is -1.90. The number of phosphoric acid groups is 1. The summed E-state index contributed by atoms with van der Waals surface area (Å²) in [4.78, 5) is 41.4. The van der Waals surface area contributed by atoms with E-state index in [-0.39, 0.29) is 6.61 Å². The third kappa shape index (κ3) is 25.3. The first-order chi connectivity index (χ1) is 7.56. The molecule has 1 unspecified atom stereocenters. The van der Waals surface area contributed by atoms with Gasteiger partial charge in [-0.05, 0) is 6.92 Å². The number of aliphatic hydroxyl groups excluding tert-OH is 2. The fourth-order valence-electron chi connectivity index (χ4n) is 0.303. The zero-order chi connectivity index (χ0) is 14.1. The Labute approximate surface area is 96.2 Å². The van der Waals surface area contributed by atoms with Gasteiger partial charge < -0.3 is 29.6 Å². The molecule has 17 heavy (non-hydrogen) atoms. The lowest BCUT2D eigenvalue weighted by Crippen LogP contribution is -2.03. The van der Waals surface area contributed by atoms with E-state index in [0.29, 0.717) is 0 Å². The Hall–Kier alpha value is -1.09. The van der Waals surface area contributed by atoms with Crippen molar-refractivity contribution >= 4 is 19.8 Å². The normalized spacial score (nSPS) is 15.2. The van der Waals surface area contributed by atoms with Gasteiger partial charge in [-0.25, -0.2) is 14.2 Å². The van der Waals surface area contributed by atoms with Crippen LogP contribution >= 0.6 is 7.82 Å². The van der Waals surface area contributed by atoms with Crippen LogP contribution in [0.3, 0.4) is 0 Å². The van der Waals surface area contributed by atoms with Gasteiger partial charge in [-0.1, -0.05) is 0 Å². The van der Waals surface area contributed by atoms with E-state index in [1.165, 1.54) is 6.92 Å². The zero-order valence-corrected chi connectivity index (χ0v) is 9.65. The van der Waals surface area contributed by atoms with Gasteiger partial charge in [0, 0.05) is 12.2 Å². The smallest absolute Gasteiger partial charge is 0.394 e. The molecule has 0 saturated carbocycles. The van der Waals surface area contributed by atoms with Crippen LogP contribution < -0.4 is 0 Å². The number of ether oxygens (including phenoxy) is 1. The summed E-state index contributed by atoms with van der Waals surface area (Å²) in [7, 11) is -4.64. The van der Waals surface area contributed by atoms with Crippen LogP contribution in [-0.4, -0.2) is 49.5 Å². The minimum Gasteiger partial charge on any atom is -0.394 e. The average molecular weight is 272 g/mol. The van der Waals surface area contributed by atoms with Crippen molar-refractivity contribution in [2.75, 3.05) is 6.61 Å². The summed E-state index contributed by atoms with van der Waals surface area (Å²) in [6, 6.07) is 0. The van der Waals surface area contributed by atoms with Crippen LogP contribution in [0.25, 0.3) is 0 Å². The molecule has 100 valence electrons. The van der Waals surface area contributed by atoms with Crippen LogP contribution in [-0.2, 0) is 18.9 Å². The minimum absolute atomic E-state index is 0.139. The third-order valence-electron chi connectivity index (χ3n) is 0.821. The molecule has 0 radical (unpaired) electrons. The molecule has 0 amide bonds. The molecule has 0 aromatic rings. The molecule has 5 N–H and O–H groups in total. The maximum atomic E-state index is 9.92. The van der Waals surface area contributed by atoms with Crippen LogP contribution in [0.5, 0.6) is 0 Å². The minimum atomic E-state index is -4.64. The predicted octanol–water partition coefficient (Wildman–Crippen LogP) is -1.94. The van der Waals surface area contributed by atoms with Gasteiger partial charge in [0.15, 0.2) is 0 Å². The molecule has 9 nitrogen and oxygen atoms in total. The van der Waals surface area contributed by atoms with E-state index in [4.69, 9.17) is 29.5 Å². The van der Waals surface area contributed by atoms with Gasteiger partial charge in [0.25, 0.3) is 0 Å². The summed E-state index contributed by atoms with van der Waals surface area (Å²) >= 11 is 0. The Morgan fingerprint density at radius 2 is 1.47 bits per heavy atom. The van der Waals surface area contributed by atoms with Crippen LogP contribution in [0.1, 0.15) is 6.92 Å². The molecular weight excluding hydrogens is 259 g/mol. The maximum Gasteiger partial charge on any atom is 0.466 e. The first kappa shape index (κ1) is 18.3. The summed E-state index contributed by atoms with van der Waals surface area (Å²) in [5.74, 6) is -1.16. The number of rotatable bonds is 1. The Morgan fingerprint density at radius 3 is 1.53 bits per heavy atom. The van der Waals surface area contributed by atoms with Gasteiger partial charge in [0.2, 0.25) is 0 Å². The molecule has 1 aliphatic heterocycles. The van der Waals surface area contributed by atoms with Crippen molar-refractivity contribution in [1.82, 2.24) is 0 Å². The number of carbonyl (C=O) groups excluding carboxylic acids is 2. The third-order valence-corrected chi connectivity index (χ3v) is 0.821. The second-order valence-corrected chi connectivity index (χ2v) is 3.64. The zero-order valence-electron chi connectivity index (χ0n) is 8.76. The van der Waals surface area contributed by atoms with E-state index >= 15 is 0 Å². The Morgan fingerprint density at radius 1 is 1.24 bits per heavy atom. The lowest BCUT2D eigenvalue weighted by atomic mass is 10.5. The van der Waals surface area contributed by atoms with E-state index in [0.717, 1.165) is 12.2 Å². The first-order valence-corrected chi connectivity index (χ1v) is 5.63. The highest BCUT2D eigenvalue weighted by molar-refractivity contribution is 7.45. The van der Waals surface area contributed by atoms with Crippen molar-refractivity contribution in [3.8, 4) is 0 Å². The lowest BCUT2D eigenvalue weighted by molar-refractivity contribution is -0.150. The van der Waals surface area contributed by atoms with Gasteiger partial charge in [0.05, 0.1) is 12.7 Å². The van der Waals surface area contributed by atoms with Crippen LogP contribution in [0.15, 0.2) is 12.2 Å². The van der Waals surface area contributed by atoms with Gasteiger partial charge in [-0.3, -0.25) is 0 Å². The number of cyclic esters (lactones) is 2. The molecule has 1 rings (SSSR count). The highest BCUT2D eigenvalue weighted by Crippen LogP contribution is 2.25. The molecule has 0 bridgehead atoms. The second-order valence-electron chi connectivity index (χ2n) is 2.62.